The molecule has 0 fully saturated rings. The van der Waals surface area contributed by atoms with Crippen LogP contribution in [-0.4, -0.2) is 25.4 Å². The number of nitrogens with zero attached hydrogens (tertiary/aromatic N) is 1. The monoisotopic (exact) mass is 197 g/mol. The molecule has 0 aromatic carbocycles. The second-order valence-electron chi connectivity index (χ2n) is 1.90. The molecule has 0 aliphatic carbocycles. The van der Waals surface area contributed by atoms with E-state index in [9.17, 15) is 0 Å². The normalized spacial score (nSPS) is 11.3. The van der Waals surface area contributed by atoms with Crippen molar-refractivity contribution in [2.75, 3.05) is 13.1 Å². The largest absolute Gasteiger partial charge is 0.378 e. The van der Waals surface area contributed by atoms with Crippen molar-refractivity contribution in [1.29, 1.82) is 0 Å². The average Bonchev–Trinajstić information content (AvgIpc) is 1.90. The van der Waals surface area contributed by atoms with Crippen LogP contribution < -0.4 is 0 Å². The van der Waals surface area contributed by atoms with Gasteiger partial charge in [-0.15, -0.1) is 22.2 Å². The molecule has 0 aromatic heterocycles. The van der Waals surface area contributed by atoms with E-state index in [0.717, 1.165) is 13.1 Å². The summed E-state index contributed by atoms with van der Waals surface area (Å²) in [6, 6.07) is 0. The summed E-state index contributed by atoms with van der Waals surface area (Å²) in [5, 5.41) is 0. The number of hydrogen-bond donors (Lipinski definition) is 0. The summed E-state index contributed by atoms with van der Waals surface area (Å²) in [5.74, 6) is 0. The van der Waals surface area contributed by atoms with E-state index in [1.807, 2.05) is 11.9 Å². The van der Waals surface area contributed by atoms with Crippen molar-refractivity contribution < 1.29 is 0 Å². The van der Waals surface area contributed by atoms with Gasteiger partial charge in [0.25, 0.3) is 7.42 Å². The van der Waals surface area contributed by atoms with Crippen LogP contribution in [0.2, 0.25) is 0 Å². The molecule has 0 amide bonds. The van der Waals surface area contributed by atoms with Gasteiger partial charge in [0, 0.05) is 13.1 Å². The molecule has 0 rings (SSSR count). The summed E-state index contributed by atoms with van der Waals surface area (Å²) in [7, 11) is -1.53. The third-order valence-corrected chi connectivity index (χ3v) is 2.59. The van der Waals surface area contributed by atoms with Gasteiger partial charge in [0.2, 0.25) is 0 Å². The third-order valence-electron chi connectivity index (χ3n) is 1.25. The van der Waals surface area contributed by atoms with Gasteiger partial charge in [-0.3, -0.25) is 0 Å². The molecule has 0 aromatic rings. The molecule has 0 N–H and O–H groups in total. The molecule has 0 bridgehead atoms. The first-order chi connectivity index (χ1) is 4.70. The number of rotatable bonds is 4. The van der Waals surface area contributed by atoms with E-state index in [1.165, 1.54) is 0 Å². The Kier molecular flexibility index (Phi) is 6.28. The van der Waals surface area contributed by atoms with Gasteiger partial charge in [0.05, 0.1) is 0 Å². The van der Waals surface area contributed by atoms with E-state index in [0.29, 0.717) is 0 Å². The lowest BCUT2D eigenvalue weighted by molar-refractivity contribution is 0.419. The van der Waals surface area contributed by atoms with Crippen LogP contribution >= 0.6 is 22.2 Å². The van der Waals surface area contributed by atoms with Crippen LogP contribution in [0.4, 0.5) is 0 Å². The predicted octanol–water partition coefficient (Wildman–Crippen LogP) is 2.08. The summed E-state index contributed by atoms with van der Waals surface area (Å²) < 4.78 is 0. The average molecular weight is 198 g/mol. The van der Waals surface area contributed by atoms with Gasteiger partial charge in [0.1, 0.15) is 0 Å². The molecule has 0 saturated carbocycles. The van der Waals surface area contributed by atoms with Crippen molar-refractivity contribution in [3.05, 3.63) is 11.9 Å². The van der Waals surface area contributed by atoms with Crippen LogP contribution in [0, 0.1) is 0 Å². The molecule has 0 heterocycles. The van der Waals surface area contributed by atoms with Crippen LogP contribution in [0.15, 0.2) is 11.9 Å². The lowest BCUT2D eigenvalue weighted by Gasteiger charge is -2.14. The Bertz CT molecular complexity index is 102. The Morgan fingerprint density at radius 3 is 2.10 bits per heavy atom. The van der Waals surface area contributed by atoms with Gasteiger partial charge in [0.15, 0.2) is 0 Å². The minimum atomic E-state index is -1.53. The van der Waals surface area contributed by atoms with Gasteiger partial charge < -0.3 is 4.90 Å². The maximum absolute atomic E-state index is 5.63. The Morgan fingerprint density at radius 2 is 1.80 bits per heavy atom. The second kappa shape index (κ2) is 6.07. The van der Waals surface area contributed by atoms with Crippen molar-refractivity contribution >= 4 is 29.6 Å². The summed E-state index contributed by atoms with van der Waals surface area (Å²) in [5.41, 5.74) is 1.90. The van der Waals surface area contributed by atoms with Crippen LogP contribution in [0.5, 0.6) is 0 Å². The standard InChI is InChI=1S/C6H13Cl2NSi/c1-3-9(4-2)5-6-10(7)8/h5-6,10H,3-4H2,1-2H3. The van der Waals surface area contributed by atoms with E-state index >= 15 is 0 Å². The summed E-state index contributed by atoms with van der Waals surface area (Å²) >= 11 is 11.3. The molecule has 1 nitrogen and oxygen atoms in total. The first-order valence-electron chi connectivity index (χ1n) is 3.41. The molecule has 4 heteroatoms. The Morgan fingerprint density at radius 1 is 1.30 bits per heavy atom. The van der Waals surface area contributed by atoms with Gasteiger partial charge in [-0.2, -0.15) is 0 Å². The smallest absolute Gasteiger partial charge is 0.261 e. The van der Waals surface area contributed by atoms with E-state index < -0.39 is 7.42 Å². The first-order valence-corrected chi connectivity index (χ1v) is 7.57. The molecule has 0 radical (unpaired) electrons. The predicted molar refractivity (Wildman–Crippen MR) is 50.9 cm³/mol. The highest BCUT2D eigenvalue weighted by Gasteiger charge is 1.94. The maximum atomic E-state index is 5.63. The third kappa shape index (κ3) is 5.15. The molecule has 0 atom stereocenters. The van der Waals surface area contributed by atoms with Gasteiger partial charge in [-0.25, -0.2) is 0 Å². The van der Waals surface area contributed by atoms with E-state index in [1.54, 1.807) is 0 Å². The van der Waals surface area contributed by atoms with Crippen LogP contribution in [0.25, 0.3) is 0 Å². The number of halogens is 2. The van der Waals surface area contributed by atoms with Gasteiger partial charge in [-0.1, -0.05) is 5.70 Å². The van der Waals surface area contributed by atoms with Crippen LogP contribution in [0.3, 0.4) is 0 Å². The highest BCUT2D eigenvalue weighted by Crippen LogP contribution is 1.98. The van der Waals surface area contributed by atoms with Crippen molar-refractivity contribution in [1.82, 2.24) is 4.90 Å². The molecule has 0 aliphatic heterocycles. The Balaban J connectivity index is 3.61. The zero-order chi connectivity index (χ0) is 7.98. The fourth-order valence-electron chi connectivity index (χ4n) is 0.621. The van der Waals surface area contributed by atoms with E-state index in [4.69, 9.17) is 22.2 Å². The van der Waals surface area contributed by atoms with E-state index in [2.05, 4.69) is 18.7 Å². The van der Waals surface area contributed by atoms with Crippen molar-refractivity contribution in [2.45, 2.75) is 13.8 Å². The Hall–Kier alpha value is 0.337. The quantitative estimate of drug-likeness (QED) is 0.493. The first kappa shape index (κ1) is 10.3. The highest BCUT2D eigenvalue weighted by molar-refractivity contribution is 7.36. The summed E-state index contributed by atoms with van der Waals surface area (Å²) in [4.78, 5) is 2.16. The fourth-order valence-corrected chi connectivity index (χ4v) is 1.39. The van der Waals surface area contributed by atoms with Crippen molar-refractivity contribution in [3.8, 4) is 0 Å². The molecular weight excluding hydrogens is 185 g/mol. The molecule has 0 saturated heterocycles. The molecule has 0 unspecified atom stereocenters. The summed E-state index contributed by atoms with van der Waals surface area (Å²) in [6.45, 7) is 6.24. The van der Waals surface area contributed by atoms with Crippen LogP contribution in [-0.2, 0) is 0 Å². The highest BCUT2D eigenvalue weighted by atomic mass is 35.7. The van der Waals surface area contributed by atoms with Gasteiger partial charge in [-0.05, 0) is 20.0 Å². The molecule has 10 heavy (non-hydrogen) atoms. The van der Waals surface area contributed by atoms with Gasteiger partial charge >= 0.3 is 0 Å². The fraction of sp³-hybridized carbons (Fsp3) is 0.667. The van der Waals surface area contributed by atoms with Crippen LogP contribution in [0.1, 0.15) is 13.8 Å². The topological polar surface area (TPSA) is 3.24 Å². The lowest BCUT2D eigenvalue weighted by atomic mass is 10.5. The maximum Gasteiger partial charge on any atom is 0.261 e. The number of hydrogen-bond acceptors (Lipinski definition) is 1. The molecule has 0 aliphatic rings. The molecule has 60 valence electrons. The van der Waals surface area contributed by atoms with E-state index in [-0.39, 0.29) is 0 Å². The minimum absolute atomic E-state index is 1.02. The summed E-state index contributed by atoms with van der Waals surface area (Å²) in [6.07, 6.45) is 1.98. The minimum Gasteiger partial charge on any atom is -0.378 e. The molecule has 0 spiro atoms. The SMILES string of the molecule is CCN(C=C[SiH](Cl)Cl)CC. The van der Waals surface area contributed by atoms with Crippen molar-refractivity contribution in [2.24, 2.45) is 0 Å². The zero-order valence-corrected chi connectivity index (χ0v) is 9.02. The zero-order valence-electron chi connectivity index (χ0n) is 6.35. The lowest BCUT2D eigenvalue weighted by Crippen LogP contribution is -2.15. The molecular formula is C6H13Cl2NSi. The second-order valence-corrected chi connectivity index (χ2v) is 6.44. The van der Waals surface area contributed by atoms with Crippen molar-refractivity contribution in [3.63, 3.8) is 0 Å². The Labute approximate surface area is 73.6 Å².